The van der Waals surface area contributed by atoms with Crippen LogP contribution >= 0.6 is 11.8 Å². The molecule has 2 aromatic carbocycles. The smallest absolute Gasteiger partial charge is 0.247 e. The molecular formula is C25H27FN6OS. The Hall–Kier alpha value is -3.04. The fraction of sp³-hybridized carbons (Fsp3) is 0.360. The normalized spacial score (nSPS) is 16.4. The maximum Gasteiger partial charge on any atom is 0.247 e. The van der Waals surface area contributed by atoms with Crippen LogP contribution in [0.15, 0.2) is 64.2 Å². The molecule has 3 heterocycles. The molecule has 7 nitrogen and oxygen atoms in total. The monoisotopic (exact) mass is 478 g/mol. The van der Waals surface area contributed by atoms with Crippen LogP contribution in [0.25, 0.3) is 17.1 Å². The molecule has 0 spiro atoms. The van der Waals surface area contributed by atoms with Gasteiger partial charge in [-0.05, 0) is 76.2 Å². The third-order valence-corrected chi connectivity index (χ3v) is 7.18. The molecule has 0 radical (unpaired) electrons. The zero-order valence-electron chi connectivity index (χ0n) is 19.3. The van der Waals surface area contributed by atoms with E-state index in [0.29, 0.717) is 16.9 Å². The highest BCUT2D eigenvalue weighted by Crippen LogP contribution is 2.37. The van der Waals surface area contributed by atoms with Gasteiger partial charge in [0.25, 0.3) is 0 Å². The Morgan fingerprint density at radius 2 is 1.62 bits per heavy atom. The van der Waals surface area contributed by atoms with Gasteiger partial charge < -0.3 is 4.42 Å². The Labute approximate surface area is 202 Å². The van der Waals surface area contributed by atoms with Gasteiger partial charge in [0.1, 0.15) is 5.82 Å². The highest BCUT2D eigenvalue weighted by molar-refractivity contribution is 7.99. The topological polar surface area (TPSA) is 72.9 Å². The second-order valence-corrected chi connectivity index (χ2v) is 9.80. The molecule has 2 atom stereocenters. The minimum Gasteiger partial charge on any atom is -0.419 e. The van der Waals surface area contributed by atoms with Gasteiger partial charge in [-0.15, -0.1) is 20.4 Å². The van der Waals surface area contributed by atoms with Gasteiger partial charge in [0, 0.05) is 11.3 Å². The summed E-state index contributed by atoms with van der Waals surface area (Å²) < 4.78 is 21.6. The van der Waals surface area contributed by atoms with Gasteiger partial charge in [-0.25, -0.2) is 4.39 Å². The third kappa shape index (κ3) is 4.76. The van der Waals surface area contributed by atoms with E-state index in [0.717, 1.165) is 30.2 Å². The molecule has 176 valence electrons. The van der Waals surface area contributed by atoms with Gasteiger partial charge in [0.05, 0.1) is 11.3 Å². The molecule has 1 aliphatic heterocycles. The maximum absolute atomic E-state index is 13.7. The lowest BCUT2D eigenvalue weighted by Gasteiger charge is -2.31. The molecule has 1 saturated heterocycles. The van der Waals surface area contributed by atoms with Crippen molar-refractivity contribution in [3.8, 4) is 17.1 Å². The Bertz CT molecular complexity index is 1220. The summed E-state index contributed by atoms with van der Waals surface area (Å²) in [6, 6.07) is 16.3. The van der Waals surface area contributed by atoms with Crippen LogP contribution in [0.3, 0.4) is 0 Å². The summed E-state index contributed by atoms with van der Waals surface area (Å²) in [5, 5.41) is 18.1. The Balaban J connectivity index is 1.44. The van der Waals surface area contributed by atoms with E-state index in [1.54, 1.807) is 12.1 Å². The first-order chi connectivity index (χ1) is 16.6. The lowest BCUT2D eigenvalue weighted by Crippen LogP contribution is -2.33. The van der Waals surface area contributed by atoms with Gasteiger partial charge in [-0.1, -0.05) is 36.4 Å². The van der Waals surface area contributed by atoms with Crippen molar-refractivity contribution in [1.82, 2.24) is 29.9 Å². The number of benzene rings is 2. The molecule has 0 N–H and O–H groups in total. The van der Waals surface area contributed by atoms with Crippen LogP contribution in [0.1, 0.15) is 56.1 Å². The fourth-order valence-corrected chi connectivity index (χ4v) is 5.14. The number of nitrogens with zero attached hydrogens (tertiary/aromatic N) is 6. The van der Waals surface area contributed by atoms with E-state index in [2.05, 4.69) is 32.2 Å². The summed E-state index contributed by atoms with van der Waals surface area (Å²) >= 11 is 1.50. The zero-order chi connectivity index (χ0) is 23.5. The summed E-state index contributed by atoms with van der Waals surface area (Å²) in [6.07, 6.45) is 3.64. The molecule has 5 rings (SSSR count). The summed E-state index contributed by atoms with van der Waals surface area (Å²) in [6.45, 7) is 6.25. The Morgan fingerprint density at radius 3 is 2.35 bits per heavy atom. The van der Waals surface area contributed by atoms with Gasteiger partial charge in [0.2, 0.25) is 11.8 Å². The SMILES string of the molecule is CC(Sc1nnc(C(C)N2CCCCC2)n1-c1ccc(F)cc1)c1nnc(-c2ccccc2)o1. The first kappa shape index (κ1) is 22.7. The Morgan fingerprint density at radius 1 is 0.882 bits per heavy atom. The van der Waals surface area contributed by atoms with E-state index in [4.69, 9.17) is 4.42 Å². The molecule has 1 fully saturated rings. The molecule has 0 bridgehead atoms. The van der Waals surface area contributed by atoms with Crippen molar-refractivity contribution in [3.63, 3.8) is 0 Å². The number of aromatic nitrogens is 5. The van der Waals surface area contributed by atoms with Crippen LogP contribution in [-0.2, 0) is 0 Å². The lowest BCUT2D eigenvalue weighted by molar-refractivity contribution is 0.167. The van der Waals surface area contributed by atoms with Gasteiger partial charge >= 0.3 is 0 Å². The summed E-state index contributed by atoms with van der Waals surface area (Å²) in [5.41, 5.74) is 1.71. The number of hydrogen-bond donors (Lipinski definition) is 0. The molecular weight excluding hydrogens is 451 g/mol. The van der Waals surface area contributed by atoms with E-state index in [9.17, 15) is 4.39 Å². The van der Waals surface area contributed by atoms with E-state index >= 15 is 0 Å². The molecule has 2 unspecified atom stereocenters. The highest BCUT2D eigenvalue weighted by atomic mass is 32.2. The summed E-state index contributed by atoms with van der Waals surface area (Å²) in [7, 11) is 0. The molecule has 34 heavy (non-hydrogen) atoms. The zero-order valence-corrected chi connectivity index (χ0v) is 20.1. The van der Waals surface area contributed by atoms with Crippen molar-refractivity contribution < 1.29 is 8.81 Å². The molecule has 1 aliphatic rings. The van der Waals surface area contributed by atoms with E-state index in [1.807, 2.05) is 41.8 Å². The molecule has 2 aromatic heterocycles. The predicted molar refractivity (Wildman–Crippen MR) is 129 cm³/mol. The fourth-order valence-electron chi connectivity index (χ4n) is 4.23. The van der Waals surface area contributed by atoms with Gasteiger partial charge in [0.15, 0.2) is 11.0 Å². The standard InChI is InChI=1S/C25H27FN6OS/c1-17(31-15-7-4-8-16-31)22-27-30-25(32(22)21-13-11-20(26)12-14-21)34-18(2)23-28-29-24(33-23)19-9-5-3-6-10-19/h3,5-6,9-14,17-18H,4,7-8,15-16H2,1-2H3. The first-order valence-corrected chi connectivity index (χ1v) is 12.5. The number of hydrogen-bond acceptors (Lipinski definition) is 7. The van der Waals surface area contributed by atoms with Gasteiger partial charge in [-0.3, -0.25) is 9.47 Å². The maximum atomic E-state index is 13.7. The minimum atomic E-state index is -0.274. The number of halogens is 1. The Kier molecular flexibility index (Phi) is 6.73. The minimum absolute atomic E-state index is 0.0931. The summed E-state index contributed by atoms with van der Waals surface area (Å²) in [5.74, 6) is 1.58. The van der Waals surface area contributed by atoms with Crippen molar-refractivity contribution in [3.05, 3.63) is 72.1 Å². The van der Waals surface area contributed by atoms with Crippen molar-refractivity contribution in [2.75, 3.05) is 13.1 Å². The van der Waals surface area contributed by atoms with E-state index < -0.39 is 0 Å². The van der Waals surface area contributed by atoms with Crippen molar-refractivity contribution in [2.24, 2.45) is 0 Å². The average molecular weight is 479 g/mol. The second kappa shape index (κ2) is 10.1. The molecule has 9 heteroatoms. The van der Waals surface area contributed by atoms with E-state index in [-0.39, 0.29) is 17.1 Å². The van der Waals surface area contributed by atoms with Crippen LogP contribution in [0, 0.1) is 5.82 Å². The second-order valence-electron chi connectivity index (χ2n) is 8.50. The van der Waals surface area contributed by atoms with Crippen LogP contribution in [0.2, 0.25) is 0 Å². The van der Waals surface area contributed by atoms with Crippen molar-refractivity contribution >= 4 is 11.8 Å². The third-order valence-electron chi connectivity index (χ3n) is 6.15. The predicted octanol–water partition coefficient (Wildman–Crippen LogP) is 5.86. The first-order valence-electron chi connectivity index (χ1n) is 11.6. The van der Waals surface area contributed by atoms with E-state index in [1.165, 1.54) is 43.2 Å². The van der Waals surface area contributed by atoms with Crippen LogP contribution in [0.5, 0.6) is 0 Å². The lowest BCUT2D eigenvalue weighted by atomic mass is 10.1. The van der Waals surface area contributed by atoms with Crippen LogP contribution in [0.4, 0.5) is 4.39 Å². The molecule has 0 saturated carbocycles. The largest absolute Gasteiger partial charge is 0.419 e. The number of piperidine rings is 1. The van der Waals surface area contributed by atoms with Gasteiger partial charge in [-0.2, -0.15) is 0 Å². The number of rotatable bonds is 7. The van der Waals surface area contributed by atoms with Crippen LogP contribution in [-0.4, -0.2) is 43.0 Å². The average Bonchev–Trinajstić information content (AvgIpc) is 3.53. The molecule has 0 aliphatic carbocycles. The number of likely N-dealkylation sites (tertiary alicyclic amines) is 1. The number of thioether (sulfide) groups is 1. The van der Waals surface area contributed by atoms with Crippen molar-refractivity contribution in [1.29, 1.82) is 0 Å². The molecule has 0 amide bonds. The quantitative estimate of drug-likeness (QED) is 0.308. The van der Waals surface area contributed by atoms with Crippen molar-refractivity contribution in [2.45, 2.75) is 49.6 Å². The summed E-state index contributed by atoms with van der Waals surface area (Å²) in [4.78, 5) is 2.44. The molecule has 4 aromatic rings. The highest BCUT2D eigenvalue weighted by Gasteiger charge is 2.27. The van der Waals surface area contributed by atoms with Crippen LogP contribution < -0.4 is 0 Å².